The molecular formula is C15H19NO7. The highest BCUT2D eigenvalue weighted by molar-refractivity contribution is 6.11. The van der Waals surface area contributed by atoms with E-state index in [9.17, 15) is 14.4 Å². The first-order valence-corrected chi connectivity index (χ1v) is 7.14. The zero-order valence-corrected chi connectivity index (χ0v) is 13.3. The molecule has 0 aromatic rings. The summed E-state index contributed by atoms with van der Waals surface area (Å²) < 4.78 is 19.6. The Morgan fingerprint density at radius 3 is 2.35 bits per heavy atom. The van der Waals surface area contributed by atoms with Crippen molar-refractivity contribution >= 4 is 17.9 Å². The molecule has 2 aliphatic heterocycles. The van der Waals surface area contributed by atoms with Crippen LogP contribution >= 0.6 is 0 Å². The number of carbonyl (C=O) groups excluding carboxylic acids is 3. The predicted octanol–water partition coefficient (Wildman–Crippen LogP) is 0.138. The number of rotatable bonds is 5. The summed E-state index contributed by atoms with van der Waals surface area (Å²) >= 11 is 0. The summed E-state index contributed by atoms with van der Waals surface area (Å²) in [5.41, 5.74) is 0.220. The molecule has 0 bridgehead atoms. The first-order chi connectivity index (χ1) is 11.0. The zero-order chi connectivity index (χ0) is 17.0. The van der Waals surface area contributed by atoms with Crippen molar-refractivity contribution in [1.82, 2.24) is 4.90 Å². The minimum atomic E-state index is -0.915. The molecule has 2 heterocycles. The Kier molecular flexibility index (Phi) is 5.38. The lowest BCUT2D eigenvalue weighted by atomic mass is 10.0. The first kappa shape index (κ1) is 17.0. The maximum absolute atomic E-state index is 12.3. The molecule has 1 unspecified atom stereocenters. The smallest absolute Gasteiger partial charge is 0.343 e. The van der Waals surface area contributed by atoms with Gasteiger partial charge in [0, 0.05) is 26.3 Å². The number of esters is 3. The Labute approximate surface area is 133 Å². The van der Waals surface area contributed by atoms with Gasteiger partial charge in [-0.25, -0.2) is 14.4 Å². The fraction of sp³-hybridized carbons (Fsp3) is 0.533. The van der Waals surface area contributed by atoms with Gasteiger partial charge in [-0.05, 0) is 12.8 Å². The summed E-state index contributed by atoms with van der Waals surface area (Å²) in [5.74, 6) is -2.33. The first-order valence-electron chi connectivity index (χ1n) is 7.14. The third kappa shape index (κ3) is 3.37. The van der Waals surface area contributed by atoms with Gasteiger partial charge in [0.25, 0.3) is 0 Å². The van der Waals surface area contributed by atoms with Gasteiger partial charge in [-0.3, -0.25) is 0 Å². The molecule has 126 valence electrons. The average molecular weight is 325 g/mol. The van der Waals surface area contributed by atoms with Crippen LogP contribution in [0.3, 0.4) is 0 Å². The van der Waals surface area contributed by atoms with Crippen LogP contribution in [0, 0.1) is 0 Å². The van der Waals surface area contributed by atoms with E-state index in [1.54, 1.807) is 0 Å². The maximum Gasteiger partial charge on any atom is 0.343 e. The van der Waals surface area contributed by atoms with Crippen LogP contribution in [0.4, 0.5) is 0 Å². The van der Waals surface area contributed by atoms with Gasteiger partial charge in [0.15, 0.2) is 0 Å². The molecule has 1 atom stereocenters. The van der Waals surface area contributed by atoms with E-state index in [0.29, 0.717) is 18.8 Å². The van der Waals surface area contributed by atoms with E-state index in [-0.39, 0.29) is 11.1 Å². The Hall–Kier alpha value is -2.35. The van der Waals surface area contributed by atoms with Crippen molar-refractivity contribution in [3.05, 3.63) is 22.9 Å². The largest absolute Gasteiger partial charge is 0.466 e. The lowest BCUT2D eigenvalue weighted by Crippen LogP contribution is -2.28. The standard InChI is InChI=1S/C15H19NO7/c1-20-10(17)8-9(13(18)21-2)11-12(16-6-4-5-7-16)15(22-3)23-14(11)19/h8,15H,4-7H2,1-3H3/b9-8+. The fourth-order valence-electron chi connectivity index (χ4n) is 2.63. The molecule has 0 saturated carbocycles. The third-order valence-corrected chi connectivity index (χ3v) is 3.70. The van der Waals surface area contributed by atoms with Crippen LogP contribution in [-0.4, -0.2) is 63.5 Å². The third-order valence-electron chi connectivity index (χ3n) is 3.70. The number of ether oxygens (including phenoxy) is 4. The molecule has 0 N–H and O–H groups in total. The Balaban J connectivity index is 2.56. The molecule has 8 nitrogen and oxygen atoms in total. The van der Waals surface area contributed by atoms with Gasteiger partial charge in [-0.1, -0.05) is 0 Å². The minimum Gasteiger partial charge on any atom is -0.466 e. The van der Waals surface area contributed by atoms with E-state index in [4.69, 9.17) is 9.47 Å². The number of nitrogens with zero attached hydrogens (tertiary/aromatic N) is 1. The molecule has 0 aromatic heterocycles. The van der Waals surface area contributed by atoms with Crippen LogP contribution in [0.5, 0.6) is 0 Å². The normalized spacial score (nSPS) is 21.5. The van der Waals surface area contributed by atoms with Crippen LogP contribution in [0.1, 0.15) is 12.8 Å². The summed E-state index contributed by atoms with van der Waals surface area (Å²) in [6.45, 7) is 1.42. The van der Waals surface area contributed by atoms with Crippen molar-refractivity contribution in [1.29, 1.82) is 0 Å². The molecule has 1 saturated heterocycles. The van der Waals surface area contributed by atoms with Gasteiger partial charge < -0.3 is 23.8 Å². The molecule has 8 heteroatoms. The summed E-state index contributed by atoms with van der Waals surface area (Å²) in [6, 6.07) is 0. The van der Waals surface area contributed by atoms with E-state index < -0.39 is 24.2 Å². The van der Waals surface area contributed by atoms with Crippen molar-refractivity contribution < 1.29 is 33.3 Å². The second-order valence-electron chi connectivity index (χ2n) is 5.00. The Morgan fingerprint density at radius 1 is 1.17 bits per heavy atom. The summed E-state index contributed by atoms with van der Waals surface area (Å²) in [5, 5.41) is 0. The van der Waals surface area contributed by atoms with Crippen molar-refractivity contribution in [3.8, 4) is 0 Å². The lowest BCUT2D eigenvalue weighted by Gasteiger charge is -2.23. The number of hydrogen-bond acceptors (Lipinski definition) is 8. The second kappa shape index (κ2) is 7.28. The SMILES string of the molecule is COC(=O)/C=C(/C(=O)OC)C1=C(N2CCCC2)C(OC)OC1=O. The van der Waals surface area contributed by atoms with Crippen molar-refractivity contribution in [2.24, 2.45) is 0 Å². The van der Waals surface area contributed by atoms with E-state index >= 15 is 0 Å². The van der Waals surface area contributed by atoms with Crippen molar-refractivity contribution in [2.45, 2.75) is 19.1 Å². The second-order valence-corrected chi connectivity index (χ2v) is 5.00. The molecule has 0 aromatic carbocycles. The van der Waals surface area contributed by atoms with Crippen LogP contribution in [0.2, 0.25) is 0 Å². The van der Waals surface area contributed by atoms with E-state index in [2.05, 4.69) is 9.47 Å². The van der Waals surface area contributed by atoms with Crippen LogP contribution in [0.25, 0.3) is 0 Å². The van der Waals surface area contributed by atoms with E-state index in [1.807, 2.05) is 4.90 Å². The predicted molar refractivity (Wildman–Crippen MR) is 76.8 cm³/mol. The summed E-state index contributed by atoms with van der Waals surface area (Å²) in [7, 11) is 3.74. The van der Waals surface area contributed by atoms with Crippen LogP contribution in [0.15, 0.2) is 22.9 Å². The molecule has 0 spiro atoms. The Bertz CT molecular complexity index is 572. The highest BCUT2D eigenvalue weighted by Gasteiger charge is 2.42. The number of hydrogen-bond donors (Lipinski definition) is 0. The molecular weight excluding hydrogens is 306 g/mol. The van der Waals surface area contributed by atoms with Gasteiger partial charge in [0.2, 0.25) is 6.29 Å². The quantitative estimate of drug-likeness (QED) is 0.400. The molecule has 0 aliphatic carbocycles. The zero-order valence-electron chi connectivity index (χ0n) is 13.3. The van der Waals surface area contributed by atoms with Crippen molar-refractivity contribution in [3.63, 3.8) is 0 Å². The number of methoxy groups -OCH3 is 3. The fourth-order valence-corrected chi connectivity index (χ4v) is 2.63. The number of cyclic esters (lactones) is 1. The van der Waals surface area contributed by atoms with Gasteiger partial charge in [-0.15, -0.1) is 0 Å². The van der Waals surface area contributed by atoms with Gasteiger partial charge in [0.05, 0.1) is 25.5 Å². The topological polar surface area (TPSA) is 91.4 Å². The molecule has 2 rings (SSSR count). The molecule has 2 aliphatic rings. The summed E-state index contributed by atoms with van der Waals surface area (Å²) in [4.78, 5) is 37.8. The van der Waals surface area contributed by atoms with E-state index in [0.717, 1.165) is 26.0 Å². The Morgan fingerprint density at radius 2 is 1.83 bits per heavy atom. The van der Waals surface area contributed by atoms with Gasteiger partial charge >= 0.3 is 17.9 Å². The number of carbonyl (C=O) groups is 3. The molecule has 0 amide bonds. The maximum atomic E-state index is 12.3. The highest BCUT2D eigenvalue weighted by Crippen LogP contribution is 2.33. The summed E-state index contributed by atoms with van der Waals surface area (Å²) in [6.07, 6.45) is 1.92. The van der Waals surface area contributed by atoms with Crippen molar-refractivity contribution in [2.75, 3.05) is 34.4 Å². The molecule has 23 heavy (non-hydrogen) atoms. The van der Waals surface area contributed by atoms with Crippen LogP contribution < -0.4 is 0 Å². The van der Waals surface area contributed by atoms with Crippen LogP contribution in [-0.2, 0) is 33.3 Å². The monoisotopic (exact) mass is 325 g/mol. The highest BCUT2D eigenvalue weighted by atomic mass is 16.7. The van der Waals surface area contributed by atoms with Gasteiger partial charge in [-0.2, -0.15) is 0 Å². The average Bonchev–Trinajstić information content (AvgIpc) is 3.18. The molecule has 1 fully saturated rings. The van der Waals surface area contributed by atoms with E-state index in [1.165, 1.54) is 14.2 Å². The minimum absolute atomic E-state index is 0.0176. The van der Waals surface area contributed by atoms with Gasteiger partial charge in [0.1, 0.15) is 5.57 Å². The lowest BCUT2D eigenvalue weighted by molar-refractivity contribution is -0.157. The molecule has 0 radical (unpaired) electrons. The number of likely N-dealkylation sites (tertiary alicyclic amines) is 1.